The number of alkyl halides is 2. The number of benzene rings is 2. The molecule has 0 saturated carbocycles. The predicted octanol–water partition coefficient (Wildman–Crippen LogP) is 2.68. The Morgan fingerprint density at radius 2 is 1.65 bits per heavy atom. The number of hydrogen-bond acceptors (Lipinski definition) is 9. The van der Waals surface area contributed by atoms with Crippen LogP contribution >= 0.6 is 0 Å². The molecule has 0 spiro atoms. The van der Waals surface area contributed by atoms with Gasteiger partial charge in [0.05, 0.1) is 17.4 Å². The standard InChI is InChI=1S/C25H30F2N6O5S2/c1-16-4-7-20(14-21(16)40(37,38)28-2)31-24-29-15-25(26,27)23(32-24)30-19-8-5-17(6-9-19)22(34)18-10-12-33(13-11-18)39(3,35)36/h4-9,14-15,18,23,28,30H,10-13H2,1-3H3,(H,31,32). The normalized spacial score (nSPS) is 20.1. The van der Waals surface area contributed by atoms with Crippen molar-refractivity contribution < 1.29 is 30.4 Å². The van der Waals surface area contributed by atoms with Crippen LogP contribution in [0, 0.1) is 12.8 Å². The van der Waals surface area contributed by atoms with Gasteiger partial charge in [0, 0.05) is 35.9 Å². The van der Waals surface area contributed by atoms with E-state index in [0.717, 1.165) is 6.26 Å². The van der Waals surface area contributed by atoms with Crippen LogP contribution in [0.2, 0.25) is 0 Å². The highest BCUT2D eigenvalue weighted by Gasteiger charge is 2.41. The Kier molecular flexibility index (Phi) is 8.40. The van der Waals surface area contributed by atoms with E-state index in [0.29, 0.717) is 41.6 Å². The second-order valence-corrected chi connectivity index (χ2v) is 13.5. The molecule has 2 aromatic carbocycles. The maximum absolute atomic E-state index is 14.6. The van der Waals surface area contributed by atoms with Gasteiger partial charge in [-0.3, -0.25) is 4.79 Å². The molecular formula is C25H30F2N6O5S2. The van der Waals surface area contributed by atoms with Gasteiger partial charge in [0.2, 0.25) is 26.0 Å². The van der Waals surface area contributed by atoms with Crippen LogP contribution in [0.15, 0.2) is 57.3 Å². The molecule has 40 heavy (non-hydrogen) atoms. The van der Waals surface area contributed by atoms with Gasteiger partial charge in [-0.15, -0.1) is 0 Å². The van der Waals surface area contributed by atoms with E-state index in [-0.39, 0.29) is 35.6 Å². The number of carbonyl (C=O) groups is 1. The monoisotopic (exact) mass is 596 g/mol. The van der Waals surface area contributed by atoms with Crippen LogP contribution in [-0.2, 0) is 20.0 Å². The van der Waals surface area contributed by atoms with E-state index in [9.17, 15) is 30.4 Å². The molecule has 2 aromatic rings. The topological polar surface area (TPSA) is 149 Å². The first-order valence-electron chi connectivity index (χ1n) is 12.4. The number of nitrogens with zero attached hydrogens (tertiary/aromatic N) is 3. The molecule has 0 amide bonds. The van der Waals surface area contributed by atoms with E-state index in [1.165, 1.54) is 41.7 Å². The van der Waals surface area contributed by atoms with Crippen LogP contribution in [0.4, 0.5) is 20.2 Å². The van der Waals surface area contributed by atoms with Crippen molar-refractivity contribution in [3.8, 4) is 0 Å². The first kappa shape index (κ1) is 29.7. The Morgan fingerprint density at radius 3 is 2.25 bits per heavy atom. The molecule has 0 aliphatic carbocycles. The smallest absolute Gasteiger partial charge is 0.322 e. The van der Waals surface area contributed by atoms with E-state index >= 15 is 0 Å². The first-order valence-corrected chi connectivity index (χ1v) is 15.7. The zero-order valence-corrected chi connectivity index (χ0v) is 23.7. The molecule has 1 atom stereocenters. The first-order chi connectivity index (χ1) is 18.7. The number of anilines is 2. The second-order valence-electron chi connectivity index (χ2n) is 9.62. The molecule has 15 heteroatoms. The molecule has 3 N–H and O–H groups in total. The summed E-state index contributed by atoms with van der Waals surface area (Å²) < 4.78 is 80.7. The number of halogens is 2. The summed E-state index contributed by atoms with van der Waals surface area (Å²) in [4.78, 5) is 20.6. The van der Waals surface area contributed by atoms with Crippen LogP contribution in [0.1, 0.15) is 28.8 Å². The summed E-state index contributed by atoms with van der Waals surface area (Å²) in [5.74, 6) is -4.02. The Morgan fingerprint density at radius 1 is 1.02 bits per heavy atom. The lowest BCUT2D eigenvalue weighted by atomic mass is 9.89. The summed E-state index contributed by atoms with van der Waals surface area (Å²) in [6.07, 6.45) is 0.698. The van der Waals surface area contributed by atoms with Crippen molar-refractivity contribution in [3.05, 3.63) is 53.6 Å². The molecule has 11 nitrogen and oxygen atoms in total. The van der Waals surface area contributed by atoms with Crippen molar-refractivity contribution in [1.82, 2.24) is 9.03 Å². The maximum atomic E-state index is 14.6. The third-order valence-electron chi connectivity index (χ3n) is 6.74. The van der Waals surface area contributed by atoms with Crippen LogP contribution in [0.25, 0.3) is 0 Å². The molecule has 1 saturated heterocycles. The van der Waals surface area contributed by atoms with Gasteiger partial charge in [0.25, 0.3) is 0 Å². The Bertz CT molecular complexity index is 1550. The van der Waals surface area contributed by atoms with Gasteiger partial charge in [-0.05, 0) is 68.8 Å². The van der Waals surface area contributed by atoms with E-state index < -0.39 is 32.1 Å². The third kappa shape index (κ3) is 6.71. The fraction of sp³-hybridized carbons (Fsp3) is 0.400. The molecule has 216 valence electrons. The number of hydrogen-bond donors (Lipinski definition) is 3. The van der Waals surface area contributed by atoms with Gasteiger partial charge >= 0.3 is 5.92 Å². The number of guanidine groups is 1. The predicted molar refractivity (Wildman–Crippen MR) is 149 cm³/mol. The fourth-order valence-corrected chi connectivity index (χ4v) is 6.30. The molecule has 2 aliphatic heterocycles. The van der Waals surface area contributed by atoms with Crippen molar-refractivity contribution in [2.24, 2.45) is 15.9 Å². The number of carbonyl (C=O) groups excluding carboxylic acids is 1. The number of piperidine rings is 1. The van der Waals surface area contributed by atoms with Gasteiger partial charge in [-0.1, -0.05) is 6.07 Å². The summed E-state index contributed by atoms with van der Waals surface area (Å²) in [5.41, 5.74) is 1.49. The van der Waals surface area contributed by atoms with Crippen LogP contribution in [-0.4, -0.2) is 77.6 Å². The molecule has 0 bridgehead atoms. The Hall–Kier alpha value is -3.27. The van der Waals surface area contributed by atoms with Gasteiger partial charge < -0.3 is 10.6 Å². The highest BCUT2D eigenvalue weighted by molar-refractivity contribution is 7.89. The molecule has 0 radical (unpaired) electrons. The quantitative estimate of drug-likeness (QED) is 0.397. The molecule has 2 heterocycles. The number of aryl methyl sites for hydroxylation is 1. The summed E-state index contributed by atoms with van der Waals surface area (Å²) in [6.45, 7) is 2.18. The van der Waals surface area contributed by atoms with Gasteiger partial charge in [0.1, 0.15) is 0 Å². The molecular weight excluding hydrogens is 566 g/mol. The Labute approximate surface area is 231 Å². The maximum Gasteiger partial charge on any atom is 0.322 e. The minimum atomic E-state index is -3.74. The lowest BCUT2D eigenvalue weighted by Gasteiger charge is -2.29. The van der Waals surface area contributed by atoms with Gasteiger partial charge in [0.15, 0.2) is 11.9 Å². The highest BCUT2D eigenvalue weighted by atomic mass is 32.2. The number of sulfonamides is 2. The largest absolute Gasteiger partial charge is 0.358 e. The number of aliphatic imine (C=N–C) groups is 2. The van der Waals surface area contributed by atoms with Crippen LogP contribution < -0.4 is 15.4 Å². The third-order valence-corrected chi connectivity index (χ3v) is 9.60. The number of nitrogens with one attached hydrogen (secondary N) is 3. The molecule has 2 aliphatic rings. The number of Topliss-reactive ketones (excluding diaryl/α,β-unsaturated/α-hetero) is 1. The van der Waals surface area contributed by atoms with Crippen molar-refractivity contribution >= 4 is 49.4 Å². The molecule has 0 aromatic heterocycles. The number of ketones is 1. The van der Waals surface area contributed by atoms with Crippen molar-refractivity contribution in [2.75, 3.05) is 37.0 Å². The van der Waals surface area contributed by atoms with Crippen molar-refractivity contribution in [2.45, 2.75) is 36.7 Å². The highest BCUT2D eigenvalue weighted by Crippen LogP contribution is 2.28. The number of rotatable bonds is 8. The van der Waals surface area contributed by atoms with E-state index in [4.69, 9.17) is 0 Å². The van der Waals surface area contributed by atoms with Crippen molar-refractivity contribution in [3.63, 3.8) is 0 Å². The minimum Gasteiger partial charge on any atom is -0.358 e. The zero-order valence-electron chi connectivity index (χ0n) is 22.1. The average Bonchev–Trinajstić information content (AvgIpc) is 2.91. The SMILES string of the molecule is CNS(=O)(=O)c1cc(NC2=NC(Nc3ccc(C(=O)C4CCN(S(C)(=O)=O)CC4)cc3)C(F)(F)C=N2)ccc1C. The van der Waals surface area contributed by atoms with Gasteiger partial charge in [-0.25, -0.2) is 35.8 Å². The molecule has 4 rings (SSSR count). The summed E-state index contributed by atoms with van der Waals surface area (Å²) >= 11 is 0. The summed E-state index contributed by atoms with van der Waals surface area (Å²) in [5, 5.41) is 5.42. The van der Waals surface area contributed by atoms with E-state index in [1.807, 2.05) is 0 Å². The van der Waals surface area contributed by atoms with Crippen molar-refractivity contribution in [1.29, 1.82) is 0 Å². The van der Waals surface area contributed by atoms with E-state index in [2.05, 4.69) is 25.3 Å². The van der Waals surface area contributed by atoms with Gasteiger partial charge in [-0.2, -0.15) is 8.78 Å². The second kappa shape index (κ2) is 11.3. The molecule has 1 fully saturated rings. The van der Waals surface area contributed by atoms with Crippen LogP contribution in [0.5, 0.6) is 0 Å². The lowest BCUT2D eigenvalue weighted by Crippen LogP contribution is -2.43. The molecule has 1 unspecified atom stereocenters. The zero-order chi connectivity index (χ0) is 29.3. The Balaban J connectivity index is 1.45. The minimum absolute atomic E-state index is 0.0241. The average molecular weight is 597 g/mol. The summed E-state index contributed by atoms with van der Waals surface area (Å²) in [7, 11) is -5.75. The lowest BCUT2D eigenvalue weighted by molar-refractivity contribution is 0.0626. The fourth-order valence-electron chi connectivity index (χ4n) is 4.43. The van der Waals surface area contributed by atoms with Crippen LogP contribution in [0.3, 0.4) is 0 Å². The van der Waals surface area contributed by atoms with E-state index in [1.54, 1.807) is 19.1 Å². The summed E-state index contributed by atoms with van der Waals surface area (Å²) in [6, 6.07) is 10.6.